The van der Waals surface area contributed by atoms with Crippen LogP contribution >= 0.6 is 0 Å². The molecular weight excluding hydrogens is 444 g/mol. The molecule has 1 aromatic heterocycles. The van der Waals surface area contributed by atoms with Crippen LogP contribution in [0.4, 0.5) is 0 Å². The largest absolute Gasteiger partial charge is 0.497 e. The number of aryl methyl sites for hydroxylation is 1. The first kappa shape index (κ1) is 23.7. The molecule has 0 bridgehead atoms. The summed E-state index contributed by atoms with van der Waals surface area (Å²) in [5.74, 6) is 0.901. The molecule has 1 amide bonds. The van der Waals surface area contributed by atoms with Gasteiger partial charge in [0, 0.05) is 67.0 Å². The molecule has 2 saturated heterocycles. The van der Waals surface area contributed by atoms with Crippen LogP contribution in [0.5, 0.6) is 11.5 Å². The van der Waals surface area contributed by atoms with E-state index in [-0.39, 0.29) is 11.8 Å². The van der Waals surface area contributed by atoms with E-state index in [0.717, 1.165) is 34.2 Å². The van der Waals surface area contributed by atoms with Gasteiger partial charge in [-0.05, 0) is 23.6 Å². The molecular formula is C28H34N2O5. The predicted octanol–water partition coefficient (Wildman–Crippen LogP) is 4.64. The fourth-order valence-electron chi connectivity index (χ4n) is 5.50. The molecule has 35 heavy (non-hydrogen) atoms. The van der Waals surface area contributed by atoms with Crippen LogP contribution in [0.25, 0.3) is 10.9 Å². The maximum atomic E-state index is 13.6. The van der Waals surface area contributed by atoms with Crippen molar-refractivity contribution in [2.45, 2.75) is 44.3 Å². The molecule has 3 heterocycles. The van der Waals surface area contributed by atoms with Crippen LogP contribution in [0, 0.1) is 0 Å². The lowest BCUT2D eigenvalue weighted by Gasteiger charge is -2.38. The molecule has 3 aromatic rings. The zero-order valence-corrected chi connectivity index (χ0v) is 20.8. The van der Waals surface area contributed by atoms with Gasteiger partial charge in [0.05, 0.1) is 27.4 Å². The highest BCUT2D eigenvalue weighted by atomic mass is 16.7. The third-order valence-electron chi connectivity index (χ3n) is 7.48. The minimum absolute atomic E-state index is 0.127. The lowest BCUT2D eigenvalue weighted by molar-refractivity contribution is -0.187. The van der Waals surface area contributed by atoms with Crippen molar-refractivity contribution in [3.8, 4) is 11.5 Å². The zero-order valence-electron chi connectivity index (χ0n) is 20.8. The molecule has 1 N–H and O–H groups in total. The molecule has 0 aliphatic carbocycles. The van der Waals surface area contributed by atoms with Gasteiger partial charge < -0.3 is 28.8 Å². The summed E-state index contributed by atoms with van der Waals surface area (Å²) in [5, 5.41) is 1.14. The Bertz CT molecular complexity index is 1190. The number of fused-ring (bicyclic) bond motifs is 1. The number of benzene rings is 2. The standard InChI is InChI=1S/C28H34N2O5/c1-4-19-6-5-7-22-24(18-29-27(19)22)23(21-9-8-20(32-2)16-25(21)33-3)17-26(31)30-12-10-28(11-13-30)34-14-15-35-28/h5-9,16,18,23,29H,4,10-15,17H2,1-3H3. The molecule has 2 fully saturated rings. The van der Waals surface area contributed by atoms with Gasteiger partial charge in [0.25, 0.3) is 0 Å². The molecule has 0 saturated carbocycles. The molecule has 2 aliphatic rings. The van der Waals surface area contributed by atoms with Crippen LogP contribution in [0.2, 0.25) is 0 Å². The number of piperidine rings is 1. The normalized spacial score (nSPS) is 18.2. The lowest BCUT2D eigenvalue weighted by atomic mass is 9.86. The number of carbonyl (C=O) groups excluding carboxylic acids is 1. The van der Waals surface area contributed by atoms with Crippen molar-refractivity contribution in [1.29, 1.82) is 0 Å². The number of para-hydroxylation sites is 1. The summed E-state index contributed by atoms with van der Waals surface area (Å²) in [5.41, 5.74) is 4.47. The molecule has 5 rings (SSSR count). The number of H-pyrrole nitrogens is 1. The van der Waals surface area contributed by atoms with E-state index in [1.54, 1.807) is 14.2 Å². The van der Waals surface area contributed by atoms with Crippen LogP contribution < -0.4 is 9.47 Å². The maximum Gasteiger partial charge on any atom is 0.223 e. The number of hydrogen-bond donors (Lipinski definition) is 1. The van der Waals surface area contributed by atoms with E-state index < -0.39 is 5.79 Å². The van der Waals surface area contributed by atoms with Gasteiger partial charge in [-0.2, -0.15) is 0 Å². The fraction of sp³-hybridized carbons (Fsp3) is 0.464. The number of ether oxygens (including phenoxy) is 4. The van der Waals surface area contributed by atoms with E-state index in [1.165, 1.54) is 5.56 Å². The van der Waals surface area contributed by atoms with Crippen LogP contribution in [0.3, 0.4) is 0 Å². The van der Waals surface area contributed by atoms with Gasteiger partial charge in [0.15, 0.2) is 5.79 Å². The van der Waals surface area contributed by atoms with E-state index in [0.29, 0.717) is 51.3 Å². The Morgan fingerprint density at radius 3 is 2.54 bits per heavy atom. The Labute approximate surface area is 206 Å². The number of likely N-dealkylation sites (tertiary alicyclic amines) is 1. The first-order valence-corrected chi connectivity index (χ1v) is 12.4. The number of aromatic nitrogens is 1. The van der Waals surface area contributed by atoms with Crippen molar-refractivity contribution in [1.82, 2.24) is 9.88 Å². The van der Waals surface area contributed by atoms with Gasteiger partial charge in [-0.1, -0.05) is 31.2 Å². The average molecular weight is 479 g/mol. The van der Waals surface area contributed by atoms with Crippen molar-refractivity contribution in [3.63, 3.8) is 0 Å². The summed E-state index contributed by atoms with van der Waals surface area (Å²) in [6.07, 6.45) is 4.76. The molecule has 1 unspecified atom stereocenters. The van der Waals surface area contributed by atoms with Gasteiger partial charge in [-0.15, -0.1) is 0 Å². The van der Waals surface area contributed by atoms with E-state index in [2.05, 4.69) is 36.3 Å². The first-order valence-electron chi connectivity index (χ1n) is 12.4. The molecule has 1 atom stereocenters. The van der Waals surface area contributed by atoms with Gasteiger partial charge in [0.2, 0.25) is 5.91 Å². The second kappa shape index (κ2) is 9.91. The van der Waals surface area contributed by atoms with E-state index in [1.807, 2.05) is 23.1 Å². The summed E-state index contributed by atoms with van der Waals surface area (Å²) in [7, 11) is 3.30. The van der Waals surface area contributed by atoms with Crippen molar-refractivity contribution in [2.24, 2.45) is 0 Å². The van der Waals surface area contributed by atoms with Crippen LogP contribution in [-0.4, -0.2) is 62.1 Å². The number of aromatic amines is 1. The second-order valence-corrected chi connectivity index (χ2v) is 9.29. The Kier molecular flexibility index (Phi) is 6.71. The van der Waals surface area contributed by atoms with Crippen LogP contribution in [0.1, 0.15) is 48.8 Å². The number of rotatable bonds is 7. The van der Waals surface area contributed by atoms with Gasteiger partial charge in [-0.25, -0.2) is 0 Å². The zero-order chi connectivity index (χ0) is 24.4. The molecule has 1 spiro atoms. The summed E-state index contributed by atoms with van der Waals surface area (Å²) >= 11 is 0. The molecule has 2 aromatic carbocycles. The van der Waals surface area contributed by atoms with E-state index in [4.69, 9.17) is 18.9 Å². The van der Waals surface area contributed by atoms with Crippen molar-refractivity contribution in [2.75, 3.05) is 40.5 Å². The number of nitrogens with zero attached hydrogens (tertiary/aromatic N) is 1. The smallest absolute Gasteiger partial charge is 0.223 e. The number of hydrogen-bond acceptors (Lipinski definition) is 5. The number of nitrogens with one attached hydrogen (secondary N) is 1. The summed E-state index contributed by atoms with van der Waals surface area (Å²) in [6, 6.07) is 12.2. The van der Waals surface area contributed by atoms with Crippen LogP contribution in [0.15, 0.2) is 42.6 Å². The highest BCUT2D eigenvalue weighted by Gasteiger charge is 2.41. The van der Waals surface area contributed by atoms with E-state index in [9.17, 15) is 4.79 Å². The Morgan fingerprint density at radius 1 is 1.09 bits per heavy atom. The van der Waals surface area contributed by atoms with Crippen LogP contribution in [-0.2, 0) is 20.7 Å². The molecule has 0 radical (unpaired) electrons. The lowest BCUT2D eigenvalue weighted by Crippen LogP contribution is -2.47. The third-order valence-corrected chi connectivity index (χ3v) is 7.48. The minimum atomic E-state index is -0.497. The summed E-state index contributed by atoms with van der Waals surface area (Å²) < 4.78 is 22.9. The topological polar surface area (TPSA) is 73.0 Å². The molecule has 186 valence electrons. The molecule has 2 aliphatic heterocycles. The number of methoxy groups -OCH3 is 2. The van der Waals surface area contributed by atoms with Gasteiger partial charge in [-0.3, -0.25) is 4.79 Å². The third kappa shape index (κ3) is 4.50. The quantitative estimate of drug-likeness (QED) is 0.536. The minimum Gasteiger partial charge on any atom is -0.497 e. The first-order chi connectivity index (χ1) is 17.1. The van der Waals surface area contributed by atoms with E-state index >= 15 is 0 Å². The second-order valence-electron chi connectivity index (χ2n) is 9.29. The predicted molar refractivity (Wildman–Crippen MR) is 134 cm³/mol. The molecule has 7 heteroatoms. The van der Waals surface area contributed by atoms with Crippen molar-refractivity contribution < 1.29 is 23.7 Å². The van der Waals surface area contributed by atoms with Gasteiger partial charge in [0.1, 0.15) is 11.5 Å². The maximum absolute atomic E-state index is 13.6. The van der Waals surface area contributed by atoms with Crippen molar-refractivity contribution >= 4 is 16.8 Å². The summed E-state index contributed by atoms with van der Waals surface area (Å²) in [6.45, 7) is 4.70. The Hall–Kier alpha value is -3.03. The number of amides is 1. The highest BCUT2D eigenvalue weighted by Crippen LogP contribution is 2.41. The SMILES string of the molecule is CCc1cccc2c(C(CC(=O)N3CCC4(CC3)OCCO4)c3ccc(OC)cc3OC)c[nH]c12. The Morgan fingerprint density at radius 2 is 1.86 bits per heavy atom. The van der Waals surface area contributed by atoms with Crippen molar-refractivity contribution in [3.05, 3.63) is 59.3 Å². The summed E-state index contributed by atoms with van der Waals surface area (Å²) in [4.78, 5) is 19.1. The monoisotopic (exact) mass is 478 g/mol. The molecule has 7 nitrogen and oxygen atoms in total. The Balaban J connectivity index is 1.48. The fourth-order valence-corrected chi connectivity index (χ4v) is 5.50. The average Bonchev–Trinajstić information content (AvgIpc) is 3.54. The van der Waals surface area contributed by atoms with Gasteiger partial charge >= 0.3 is 0 Å². The number of carbonyl (C=O) groups is 1. The highest BCUT2D eigenvalue weighted by molar-refractivity contribution is 5.88.